The Morgan fingerprint density at radius 3 is 2.89 bits per heavy atom. The second-order valence-electron chi connectivity index (χ2n) is 4.28. The van der Waals surface area contributed by atoms with E-state index in [9.17, 15) is 8.42 Å². The molecule has 0 bridgehead atoms. The van der Waals surface area contributed by atoms with Crippen LogP contribution in [0.25, 0.3) is 0 Å². The van der Waals surface area contributed by atoms with Gasteiger partial charge in [0.1, 0.15) is 11.2 Å². The van der Waals surface area contributed by atoms with Gasteiger partial charge in [0, 0.05) is 37.0 Å². The lowest BCUT2D eigenvalue weighted by Gasteiger charge is -2.34. The van der Waals surface area contributed by atoms with Gasteiger partial charge in [-0.05, 0) is 11.6 Å². The molecule has 2 heterocycles. The van der Waals surface area contributed by atoms with Gasteiger partial charge in [0.2, 0.25) is 0 Å². The van der Waals surface area contributed by atoms with E-state index in [1.54, 1.807) is 18.0 Å². The normalized spacial score (nSPS) is 21.0. The van der Waals surface area contributed by atoms with Crippen molar-refractivity contribution < 1.29 is 8.42 Å². The first kappa shape index (κ1) is 13.6. The molecule has 0 aliphatic carbocycles. The van der Waals surface area contributed by atoms with Crippen LogP contribution in [0.1, 0.15) is 5.56 Å². The van der Waals surface area contributed by atoms with Crippen LogP contribution in [0, 0.1) is 0 Å². The molecule has 2 rings (SSSR count). The average molecular weight is 287 g/mol. The van der Waals surface area contributed by atoms with E-state index in [2.05, 4.69) is 4.98 Å². The molecular formula is C11H17N3O2S2. The van der Waals surface area contributed by atoms with Crippen LogP contribution in [-0.2, 0) is 16.4 Å². The van der Waals surface area contributed by atoms with Crippen LogP contribution >= 0.6 is 11.8 Å². The number of nitrogens with two attached hydrogens (primary N) is 1. The van der Waals surface area contributed by atoms with Crippen molar-refractivity contribution in [2.24, 2.45) is 5.73 Å². The first-order chi connectivity index (χ1) is 8.52. The van der Waals surface area contributed by atoms with E-state index in [4.69, 9.17) is 5.73 Å². The van der Waals surface area contributed by atoms with Gasteiger partial charge in [-0.1, -0.05) is 6.07 Å². The molecule has 100 valence electrons. The third-order valence-electron chi connectivity index (χ3n) is 2.92. The molecule has 1 aromatic rings. The molecule has 0 saturated carbocycles. The van der Waals surface area contributed by atoms with E-state index in [0.717, 1.165) is 11.3 Å². The summed E-state index contributed by atoms with van der Waals surface area (Å²) in [6.07, 6.45) is 2.99. The summed E-state index contributed by atoms with van der Waals surface area (Å²) in [5, 5.41) is -0.479. The maximum atomic E-state index is 11.8. The number of pyridine rings is 1. The fourth-order valence-corrected chi connectivity index (χ4v) is 4.73. The largest absolute Gasteiger partial charge is 0.338 e. The number of sulfone groups is 1. The molecule has 1 aliphatic heterocycles. The zero-order valence-electron chi connectivity index (χ0n) is 10.2. The van der Waals surface area contributed by atoms with E-state index < -0.39 is 15.2 Å². The summed E-state index contributed by atoms with van der Waals surface area (Å²) in [5.41, 5.74) is 6.47. The fraction of sp³-hybridized carbons (Fsp3) is 0.545. The van der Waals surface area contributed by atoms with E-state index in [-0.39, 0.29) is 0 Å². The van der Waals surface area contributed by atoms with Crippen molar-refractivity contribution in [2.75, 3.05) is 29.2 Å². The quantitative estimate of drug-likeness (QED) is 0.870. The van der Waals surface area contributed by atoms with Crippen LogP contribution in [-0.4, -0.2) is 43.1 Å². The molecular weight excluding hydrogens is 270 g/mol. The van der Waals surface area contributed by atoms with Gasteiger partial charge in [0.05, 0.1) is 0 Å². The van der Waals surface area contributed by atoms with E-state index in [0.29, 0.717) is 24.7 Å². The highest BCUT2D eigenvalue weighted by Gasteiger charge is 2.31. The highest BCUT2D eigenvalue weighted by Crippen LogP contribution is 2.25. The fourth-order valence-electron chi connectivity index (χ4n) is 1.91. The maximum absolute atomic E-state index is 11.8. The summed E-state index contributed by atoms with van der Waals surface area (Å²) in [5.74, 6) is 2.23. The van der Waals surface area contributed by atoms with Crippen LogP contribution < -0.4 is 10.6 Å². The first-order valence-corrected chi connectivity index (χ1v) is 8.81. The summed E-state index contributed by atoms with van der Waals surface area (Å²) in [6, 6.07) is 3.74. The van der Waals surface area contributed by atoms with Gasteiger partial charge in [-0.15, -0.1) is 0 Å². The van der Waals surface area contributed by atoms with Gasteiger partial charge >= 0.3 is 0 Å². The summed E-state index contributed by atoms with van der Waals surface area (Å²) >= 11 is 1.67. The summed E-state index contributed by atoms with van der Waals surface area (Å²) in [7, 11) is -3.10. The summed E-state index contributed by atoms with van der Waals surface area (Å²) < 4.78 is 23.6. The first-order valence-electron chi connectivity index (χ1n) is 5.70. The molecule has 1 aromatic heterocycles. The molecule has 1 saturated heterocycles. The molecule has 18 heavy (non-hydrogen) atoms. The number of nitrogens with zero attached hydrogens (tertiary/aromatic N) is 2. The van der Waals surface area contributed by atoms with Gasteiger partial charge in [0.15, 0.2) is 9.84 Å². The van der Waals surface area contributed by atoms with Crippen molar-refractivity contribution >= 4 is 27.4 Å². The van der Waals surface area contributed by atoms with E-state index >= 15 is 0 Å². The molecule has 1 fully saturated rings. The minimum absolute atomic E-state index is 0.443. The molecule has 1 aliphatic rings. The zero-order chi connectivity index (χ0) is 13.2. The van der Waals surface area contributed by atoms with Gasteiger partial charge in [-0.3, -0.25) is 0 Å². The van der Waals surface area contributed by atoms with Crippen molar-refractivity contribution in [3.8, 4) is 0 Å². The number of rotatable bonds is 3. The van der Waals surface area contributed by atoms with Crippen molar-refractivity contribution in [1.29, 1.82) is 0 Å². The van der Waals surface area contributed by atoms with Gasteiger partial charge in [-0.25, -0.2) is 13.4 Å². The Morgan fingerprint density at radius 1 is 1.56 bits per heavy atom. The summed E-state index contributed by atoms with van der Waals surface area (Å²) in [6.45, 7) is 1.15. The second-order valence-corrected chi connectivity index (χ2v) is 7.63. The third-order valence-corrected chi connectivity index (χ3v) is 5.56. The molecule has 1 atom stereocenters. The Labute approximate surface area is 112 Å². The lowest BCUT2D eigenvalue weighted by atomic mass is 10.3. The molecule has 5 nitrogen and oxygen atoms in total. The van der Waals surface area contributed by atoms with Crippen molar-refractivity contribution in [1.82, 2.24) is 4.98 Å². The maximum Gasteiger partial charge on any atom is 0.169 e. The molecule has 0 radical (unpaired) electrons. The molecule has 1 unspecified atom stereocenters. The van der Waals surface area contributed by atoms with Crippen molar-refractivity contribution in [3.63, 3.8) is 0 Å². The zero-order valence-corrected chi connectivity index (χ0v) is 11.9. The SMILES string of the molecule is CS(=O)(=O)C1CSCCN1c1ccc(CN)cn1. The predicted octanol–water partition coefficient (Wildman–Crippen LogP) is 0.464. The molecule has 7 heteroatoms. The van der Waals surface area contributed by atoms with Gasteiger partial charge < -0.3 is 10.6 Å². The summed E-state index contributed by atoms with van der Waals surface area (Å²) in [4.78, 5) is 6.18. The Morgan fingerprint density at radius 2 is 2.33 bits per heavy atom. The number of anilines is 1. The van der Waals surface area contributed by atoms with Crippen LogP contribution in [0.15, 0.2) is 18.3 Å². The monoisotopic (exact) mass is 287 g/mol. The molecule has 0 amide bonds. The number of thioether (sulfide) groups is 1. The van der Waals surface area contributed by atoms with Crippen LogP contribution in [0.4, 0.5) is 5.82 Å². The van der Waals surface area contributed by atoms with Crippen LogP contribution in [0.3, 0.4) is 0 Å². The van der Waals surface area contributed by atoms with E-state index in [1.165, 1.54) is 6.26 Å². The lowest BCUT2D eigenvalue weighted by Crippen LogP contribution is -2.47. The van der Waals surface area contributed by atoms with Crippen molar-refractivity contribution in [2.45, 2.75) is 11.9 Å². The highest BCUT2D eigenvalue weighted by molar-refractivity contribution is 8.01. The Bertz CT molecular complexity index is 502. The molecule has 0 aromatic carbocycles. The Hall–Kier alpha value is -0.790. The lowest BCUT2D eigenvalue weighted by molar-refractivity contribution is 0.583. The molecule has 0 spiro atoms. The highest BCUT2D eigenvalue weighted by atomic mass is 32.2. The van der Waals surface area contributed by atoms with Crippen molar-refractivity contribution in [3.05, 3.63) is 23.9 Å². The minimum atomic E-state index is -3.10. The third kappa shape index (κ3) is 2.96. The number of hydrogen-bond acceptors (Lipinski definition) is 6. The Kier molecular flexibility index (Phi) is 4.14. The van der Waals surface area contributed by atoms with Crippen LogP contribution in [0.5, 0.6) is 0 Å². The average Bonchev–Trinajstić information content (AvgIpc) is 2.38. The topological polar surface area (TPSA) is 76.3 Å². The smallest absolute Gasteiger partial charge is 0.169 e. The molecule has 2 N–H and O–H groups in total. The van der Waals surface area contributed by atoms with E-state index in [1.807, 2.05) is 17.0 Å². The van der Waals surface area contributed by atoms with Gasteiger partial charge in [0.25, 0.3) is 0 Å². The Balaban J connectivity index is 2.28. The van der Waals surface area contributed by atoms with Gasteiger partial charge in [-0.2, -0.15) is 11.8 Å². The predicted molar refractivity (Wildman–Crippen MR) is 75.4 cm³/mol. The van der Waals surface area contributed by atoms with Crippen LogP contribution in [0.2, 0.25) is 0 Å². The number of hydrogen-bond donors (Lipinski definition) is 1. The minimum Gasteiger partial charge on any atom is -0.338 e. The standard InChI is InChI=1S/C11H17N3O2S2/c1-18(15,16)11-8-17-5-4-14(11)10-3-2-9(6-12)7-13-10/h2-3,7,11H,4-6,8,12H2,1H3. The number of aromatic nitrogens is 1. The second kappa shape index (κ2) is 5.46.